The normalized spacial score (nSPS) is 19.2. The van der Waals surface area contributed by atoms with Gasteiger partial charge in [-0.3, -0.25) is 0 Å². The van der Waals surface area contributed by atoms with E-state index in [0.29, 0.717) is 5.41 Å². The Morgan fingerprint density at radius 2 is 1.76 bits per heavy atom. The zero-order valence-electron chi connectivity index (χ0n) is 11.9. The van der Waals surface area contributed by atoms with Crippen LogP contribution in [0.4, 0.5) is 0 Å². The van der Waals surface area contributed by atoms with Crippen molar-refractivity contribution in [3.05, 3.63) is 0 Å². The lowest BCUT2D eigenvalue weighted by Crippen LogP contribution is -2.57. The van der Waals surface area contributed by atoms with E-state index in [1.165, 1.54) is 45.3 Å². The van der Waals surface area contributed by atoms with E-state index in [1.807, 2.05) is 0 Å². The maximum atomic E-state index is 5.01. The van der Waals surface area contributed by atoms with Gasteiger partial charge in [-0.15, -0.1) is 0 Å². The Morgan fingerprint density at radius 3 is 2.29 bits per heavy atom. The molecule has 1 N–H and O–H groups in total. The molecule has 1 aliphatic rings. The van der Waals surface area contributed by atoms with Gasteiger partial charge in [-0.1, -0.05) is 26.7 Å². The van der Waals surface area contributed by atoms with Crippen LogP contribution >= 0.6 is 0 Å². The summed E-state index contributed by atoms with van der Waals surface area (Å²) in [5, 5.41) is 3.41. The van der Waals surface area contributed by atoms with Gasteiger partial charge in [0.05, 0.1) is 6.61 Å². The van der Waals surface area contributed by atoms with Crippen molar-refractivity contribution >= 4 is 0 Å². The molecule has 1 fully saturated rings. The van der Waals surface area contributed by atoms with Crippen LogP contribution in [0, 0.1) is 5.41 Å². The second kappa shape index (κ2) is 8.06. The molecular weight excluding hydrogens is 212 g/mol. The topological polar surface area (TPSA) is 24.5 Å². The van der Waals surface area contributed by atoms with Crippen LogP contribution in [0.25, 0.3) is 0 Å². The maximum Gasteiger partial charge on any atom is 0.0587 e. The number of rotatable bonds is 10. The number of nitrogens with one attached hydrogen (secondary N) is 1. The summed E-state index contributed by atoms with van der Waals surface area (Å²) in [6.45, 7) is 11.3. The van der Waals surface area contributed by atoms with Crippen LogP contribution in [0.2, 0.25) is 0 Å². The number of nitrogens with zero attached hydrogens (tertiary/aromatic N) is 1. The summed E-state index contributed by atoms with van der Waals surface area (Å²) in [7, 11) is 1.75. The largest absolute Gasteiger partial charge is 0.383 e. The standard InChI is InChI=1S/C14H30N2O/c1-4-6-14(7-5-2)12-16(13-14)10-8-15-9-11-17-3/h15H,4-13H2,1-3H3. The van der Waals surface area contributed by atoms with Gasteiger partial charge in [-0.05, 0) is 18.3 Å². The first kappa shape index (κ1) is 14.9. The van der Waals surface area contributed by atoms with Crippen LogP contribution < -0.4 is 5.32 Å². The quantitative estimate of drug-likeness (QED) is 0.594. The van der Waals surface area contributed by atoms with Gasteiger partial charge >= 0.3 is 0 Å². The first-order valence-electron chi connectivity index (χ1n) is 7.18. The molecule has 0 bridgehead atoms. The van der Waals surface area contributed by atoms with Crippen molar-refractivity contribution in [3.63, 3.8) is 0 Å². The van der Waals surface area contributed by atoms with Crippen LogP contribution in [0.1, 0.15) is 39.5 Å². The lowest BCUT2D eigenvalue weighted by molar-refractivity contribution is -0.0134. The Kier molecular flexibility index (Phi) is 7.09. The van der Waals surface area contributed by atoms with Crippen molar-refractivity contribution in [2.24, 2.45) is 5.41 Å². The smallest absolute Gasteiger partial charge is 0.0587 e. The molecule has 1 rings (SSSR count). The van der Waals surface area contributed by atoms with E-state index in [1.54, 1.807) is 7.11 Å². The number of hydrogen-bond donors (Lipinski definition) is 1. The summed E-state index contributed by atoms with van der Waals surface area (Å²) in [6.07, 6.45) is 5.49. The molecule has 1 aliphatic heterocycles. The minimum atomic E-state index is 0.663. The van der Waals surface area contributed by atoms with Gasteiger partial charge in [0.25, 0.3) is 0 Å². The van der Waals surface area contributed by atoms with Crippen molar-refractivity contribution in [1.29, 1.82) is 0 Å². The molecule has 0 aromatic carbocycles. The summed E-state index contributed by atoms with van der Waals surface area (Å²) in [5.74, 6) is 0. The molecule has 0 unspecified atom stereocenters. The average Bonchev–Trinajstić information content (AvgIpc) is 2.26. The molecule has 0 atom stereocenters. The Labute approximate surface area is 107 Å². The molecular formula is C14H30N2O. The van der Waals surface area contributed by atoms with Crippen molar-refractivity contribution in [2.45, 2.75) is 39.5 Å². The first-order valence-corrected chi connectivity index (χ1v) is 7.18. The lowest BCUT2D eigenvalue weighted by atomic mass is 9.73. The van der Waals surface area contributed by atoms with Gasteiger partial charge in [-0.2, -0.15) is 0 Å². The van der Waals surface area contributed by atoms with Gasteiger partial charge < -0.3 is 15.0 Å². The van der Waals surface area contributed by atoms with E-state index in [9.17, 15) is 0 Å². The zero-order valence-corrected chi connectivity index (χ0v) is 11.9. The second-order valence-electron chi connectivity index (χ2n) is 5.45. The Morgan fingerprint density at radius 1 is 1.12 bits per heavy atom. The van der Waals surface area contributed by atoms with Crippen molar-refractivity contribution < 1.29 is 4.74 Å². The molecule has 0 amide bonds. The summed E-state index contributed by atoms with van der Waals surface area (Å²) >= 11 is 0. The second-order valence-corrected chi connectivity index (χ2v) is 5.45. The molecule has 1 saturated heterocycles. The van der Waals surface area contributed by atoms with E-state index in [0.717, 1.165) is 19.7 Å². The molecule has 0 aromatic rings. The SMILES string of the molecule is CCCC1(CCC)CN(CCNCCOC)C1. The fourth-order valence-corrected chi connectivity index (χ4v) is 3.10. The number of ether oxygens (including phenoxy) is 1. The third kappa shape index (κ3) is 4.94. The highest BCUT2D eigenvalue weighted by Gasteiger charge is 2.40. The minimum Gasteiger partial charge on any atom is -0.383 e. The Bertz CT molecular complexity index is 183. The third-order valence-electron chi connectivity index (χ3n) is 3.77. The van der Waals surface area contributed by atoms with Crippen molar-refractivity contribution in [3.8, 4) is 0 Å². The molecule has 102 valence electrons. The van der Waals surface area contributed by atoms with Gasteiger partial charge in [-0.25, -0.2) is 0 Å². The van der Waals surface area contributed by atoms with Gasteiger partial charge in [0.1, 0.15) is 0 Å². The Hall–Kier alpha value is -0.120. The summed E-state index contributed by atoms with van der Waals surface area (Å²) in [4.78, 5) is 2.59. The molecule has 0 radical (unpaired) electrons. The Balaban J connectivity index is 2.07. The van der Waals surface area contributed by atoms with Crippen LogP contribution in [-0.4, -0.2) is 51.3 Å². The molecule has 17 heavy (non-hydrogen) atoms. The highest BCUT2D eigenvalue weighted by atomic mass is 16.5. The monoisotopic (exact) mass is 242 g/mol. The zero-order chi connectivity index (χ0) is 12.6. The molecule has 0 saturated carbocycles. The van der Waals surface area contributed by atoms with Crippen molar-refractivity contribution in [2.75, 3.05) is 46.4 Å². The maximum absolute atomic E-state index is 5.01. The van der Waals surface area contributed by atoms with Gasteiger partial charge in [0.15, 0.2) is 0 Å². The molecule has 0 spiro atoms. The summed E-state index contributed by atoms with van der Waals surface area (Å²) < 4.78 is 5.01. The third-order valence-corrected chi connectivity index (χ3v) is 3.77. The summed E-state index contributed by atoms with van der Waals surface area (Å²) in [5.41, 5.74) is 0.663. The number of methoxy groups -OCH3 is 1. The van der Waals surface area contributed by atoms with E-state index in [4.69, 9.17) is 4.74 Å². The van der Waals surface area contributed by atoms with Crippen LogP contribution in [-0.2, 0) is 4.74 Å². The van der Waals surface area contributed by atoms with E-state index >= 15 is 0 Å². The van der Waals surface area contributed by atoms with E-state index in [2.05, 4.69) is 24.1 Å². The van der Waals surface area contributed by atoms with Crippen LogP contribution in [0.15, 0.2) is 0 Å². The van der Waals surface area contributed by atoms with Crippen molar-refractivity contribution in [1.82, 2.24) is 10.2 Å². The van der Waals surface area contributed by atoms with Gasteiger partial charge in [0.2, 0.25) is 0 Å². The van der Waals surface area contributed by atoms with E-state index < -0.39 is 0 Å². The highest BCUT2D eigenvalue weighted by molar-refractivity contribution is 4.94. The molecule has 3 nitrogen and oxygen atoms in total. The predicted octanol–water partition coefficient (Wildman–Crippen LogP) is 2.12. The molecule has 1 heterocycles. The number of likely N-dealkylation sites (tertiary alicyclic amines) is 1. The first-order chi connectivity index (χ1) is 8.26. The predicted molar refractivity (Wildman–Crippen MR) is 73.4 cm³/mol. The fraction of sp³-hybridized carbons (Fsp3) is 1.00. The lowest BCUT2D eigenvalue weighted by Gasteiger charge is -2.51. The number of hydrogen-bond acceptors (Lipinski definition) is 3. The minimum absolute atomic E-state index is 0.663. The van der Waals surface area contributed by atoms with Crippen LogP contribution in [0.5, 0.6) is 0 Å². The fourth-order valence-electron chi connectivity index (χ4n) is 3.10. The van der Waals surface area contributed by atoms with E-state index in [-0.39, 0.29) is 0 Å². The molecule has 0 aliphatic carbocycles. The average molecular weight is 242 g/mol. The molecule has 3 heteroatoms. The van der Waals surface area contributed by atoms with Gasteiger partial charge in [0, 0.05) is 39.8 Å². The summed E-state index contributed by atoms with van der Waals surface area (Å²) in [6, 6.07) is 0. The highest BCUT2D eigenvalue weighted by Crippen LogP contribution is 2.39. The van der Waals surface area contributed by atoms with Crippen LogP contribution in [0.3, 0.4) is 0 Å². The molecule has 0 aromatic heterocycles.